The third-order valence-electron chi connectivity index (χ3n) is 3.23. The summed E-state index contributed by atoms with van der Waals surface area (Å²) >= 11 is 0. The van der Waals surface area contributed by atoms with E-state index in [1.165, 1.54) is 4.90 Å². The van der Waals surface area contributed by atoms with Crippen LogP contribution in [0.25, 0.3) is 0 Å². The van der Waals surface area contributed by atoms with Crippen LogP contribution in [0.2, 0.25) is 0 Å². The second-order valence-corrected chi connectivity index (χ2v) is 4.63. The molecule has 0 aliphatic carbocycles. The monoisotopic (exact) mass is 267 g/mol. The largest absolute Gasteiger partial charge is 0.323 e. The molecule has 2 heterocycles. The number of hydrogen-bond acceptors (Lipinski definition) is 3. The van der Waals surface area contributed by atoms with Crippen LogP contribution in [0.15, 0.2) is 42.6 Å². The van der Waals surface area contributed by atoms with Gasteiger partial charge in [-0.1, -0.05) is 18.2 Å². The van der Waals surface area contributed by atoms with Gasteiger partial charge in [0.25, 0.3) is 5.91 Å². The Labute approximate surface area is 116 Å². The fraction of sp³-hybridized carbons (Fsp3) is 0.133. The van der Waals surface area contributed by atoms with E-state index in [-0.39, 0.29) is 18.4 Å². The molecule has 2 amide bonds. The number of rotatable bonds is 1. The summed E-state index contributed by atoms with van der Waals surface area (Å²) in [5, 5.41) is 2.76. The van der Waals surface area contributed by atoms with Crippen molar-refractivity contribution in [2.45, 2.75) is 6.92 Å². The molecule has 0 fully saturated rings. The van der Waals surface area contributed by atoms with Crippen LogP contribution in [-0.2, 0) is 4.79 Å². The summed E-state index contributed by atoms with van der Waals surface area (Å²) in [6.45, 7) is 1.84. The third kappa shape index (κ3) is 2.03. The van der Waals surface area contributed by atoms with E-state index in [9.17, 15) is 9.59 Å². The number of pyridine rings is 1. The van der Waals surface area contributed by atoms with E-state index >= 15 is 0 Å². The number of aromatic nitrogens is 1. The van der Waals surface area contributed by atoms with E-state index in [1.54, 1.807) is 18.3 Å². The highest BCUT2D eigenvalue weighted by Crippen LogP contribution is 2.30. The van der Waals surface area contributed by atoms with Crippen molar-refractivity contribution in [1.29, 1.82) is 0 Å². The maximum Gasteiger partial charge on any atom is 0.277 e. The summed E-state index contributed by atoms with van der Waals surface area (Å²) in [4.78, 5) is 29.9. The Morgan fingerprint density at radius 2 is 2.05 bits per heavy atom. The second-order valence-electron chi connectivity index (χ2n) is 4.63. The molecule has 0 unspecified atom stereocenters. The van der Waals surface area contributed by atoms with E-state index in [0.29, 0.717) is 17.1 Å². The van der Waals surface area contributed by atoms with Gasteiger partial charge in [-0.25, -0.2) is 0 Å². The van der Waals surface area contributed by atoms with Gasteiger partial charge in [0.05, 0.1) is 11.4 Å². The summed E-state index contributed by atoms with van der Waals surface area (Å²) < 4.78 is 0. The lowest BCUT2D eigenvalue weighted by Crippen LogP contribution is -2.42. The molecule has 0 saturated heterocycles. The molecule has 5 heteroatoms. The molecular formula is C15H13N3O2. The number of benzene rings is 1. The van der Waals surface area contributed by atoms with Crippen molar-refractivity contribution in [3.8, 4) is 0 Å². The number of para-hydroxylation sites is 2. The van der Waals surface area contributed by atoms with Crippen LogP contribution >= 0.6 is 0 Å². The normalized spacial score (nSPS) is 13.7. The quantitative estimate of drug-likeness (QED) is 0.859. The lowest BCUT2D eigenvalue weighted by molar-refractivity contribution is -0.115. The minimum absolute atomic E-state index is 0.00581. The van der Waals surface area contributed by atoms with Gasteiger partial charge >= 0.3 is 0 Å². The Kier molecular flexibility index (Phi) is 2.95. The molecule has 1 aliphatic rings. The first-order valence-corrected chi connectivity index (χ1v) is 6.29. The molecule has 0 spiro atoms. The summed E-state index contributed by atoms with van der Waals surface area (Å²) in [5.41, 5.74) is 2.51. The van der Waals surface area contributed by atoms with Gasteiger partial charge in [-0.15, -0.1) is 0 Å². The molecular weight excluding hydrogens is 254 g/mol. The van der Waals surface area contributed by atoms with E-state index in [4.69, 9.17) is 0 Å². The standard InChI is InChI=1S/C15H13N3O2/c1-10-5-4-8-16-14(10)15(20)18-9-13(19)17-11-6-2-3-7-12(11)18/h2-8H,9H2,1H3,(H,17,19). The van der Waals surface area contributed by atoms with Crippen molar-refractivity contribution in [3.63, 3.8) is 0 Å². The van der Waals surface area contributed by atoms with Crippen LogP contribution in [0.5, 0.6) is 0 Å². The summed E-state index contributed by atoms with van der Waals surface area (Å²) in [6, 6.07) is 10.9. The van der Waals surface area contributed by atoms with Crippen LogP contribution in [0, 0.1) is 6.92 Å². The van der Waals surface area contributed by atoms with Crippen molar-refractivity contribution in [2.24, 2.45) is 0 Å². The zero-order valence-electron chi connectivity index (χ0n) is 11.0. The van der Waals surface area contributed by atoms with Gasteiger partial charge in [-0.05, 0) is 30.7 Å². The van der Waals surface area contributed by atoms with E-state index < -0.39 is 0 Å². The molecule has 2 aromatic rings. The van der Waals surface area contributed by atoms with E-state index in [0.717, 1.165) is 5.56 Å². The zero-order valence-corrected chi connectivity index (χ0v) is 11.0. The molecule has 1 N–H and O–H groups in total. The van der Waals surface area contributed by atoms with Crippen LogP contribution in [0.1, 0.15) is 16.1 Å². The van der Waals surface area contributed by atoms with E-state index in [2.05, 4.69) is 10.3 Å². The smallest absolute Gasteiger partial charge is 0.277 e. The highest BCUT2D eigenvalue weighted by molar-refractivity contribution is 6.14. The van der Waals surface area contributed by atoms with Gasteiger partial charge in [-0.2, -0.15) is 0 Å². The van der Waals surface area contributed by atoms with Crippen molar-refractivity contribution in [1.82, 2.24) is 4.98 Å². The first-order valence-electron chi connectivity index (χ1n) is 6.29. The van der Waals surface area contributed by atoms with Crippen LogP contribution in [0.4, 0.5) is 11.4 Å². The minimum Gasteiger partial charge on any atom is -0.323 e. The first-order chi connectivity index (χ1) is 9.66. The molecule has 0 saturated carbocycles. The Balaban J connectivity index is 2.05. The molecule has 5 nitrogen and oxygen atoms in total. The molecule has 0 bridgehead atoms. The Morgan fingerprint density at radius 3 is 2.85 bits per heavy atom. The van der Waals surface area contributed by atoms with Crippen molar-refractivity contribution < 1.29 is 9.59 Å². The Bertz CT molecular complexity index is 697. The van der Waals surface area contributed by atoms with Crippen molar-refractivity contribution >= 4 is 23.2 Å². The predicted octanol–water partition coefficient (Wildman–Crippen LogP) is 1.99. The van der Waals surface area contributed by atoms with Crippen molar-refractivity contribution in [2.75, 3.05) is 16.8 Å². The summed E-state index contributed by atoms with van der Waals surface area (Å²) in [6.07, 6.45) is 1.58. The van der Waals surface area contributed by atoms with Gasteiger partial charge in [0.1, 0.15) is 12.2 Å². The highest BCUT2D eigenvalue weighted by Gasteiger charge is 2.28. The Hall–Kier alpha value is -2.69. The van der Waals surface area contributed by atoms with Crippen molar-refractivity contribution in [3.05, 3.63) is 53.9 Å². The number of anilines is 2. The molecule has 1 aromatic carbocycles. The molecule has 1 aliphatic heterocycles. The Morgan fingerprint density at radius 1 is 1.25 bits per heavy atom. The number of nitrogens with zero attached hydrogens (tertiary/aromatic N) is 2. The number of aryl methyl sites for hydroxylation is 1. The molecule has 20 heavy (non-hydrogen) atoms. The van der Waals surface area contributed by atoms with Gasteiger partial charge in [0, 0.05) is 6.20 Å². The van der Waals surface area contributed by atoms with Gasteiger partial charge < -0.3 is 5.32 Å². The maximum atomic E-state index is 12.6. The number of nitrogens with one attached hydrogen (secondary N) is 1. The average Bonchev–Trinajstić information content (AvgIpc) is 2.46. The summed E-state index contributed by atoms with van der Waals surface area (Å²) in [7, 11) is 0. The molecule has 0 radical (unpaired) electrons. The molecule has 0 atom stereocenters. The van der Waals surface area contributed by atoms with Gasteiger partial charge in [-0.3, -0.25) is 19.5 Å². The number of carbonyl (C=O) groups excluding carboxylic acids is 2. The van der Waals surface area contributed by atoms with Crippen LogP contribution < -0.4 is 10.2 Å². The molecule has 1 aromatic heterocycles. The number of carbonyl (C=O) groups is 2. The van der Waals surface area contributed by atoms with Crippen LogP contribution in [0.3, 0.4) is 0 Å². The first kappa shape index (κ1) is 12.3. The lowest BCUT2D eigenvalue weighted by Gasteiger charge is -2.29. The topological polar surface area (TPSA) is 62.3 Å². The predicted molar refractivity (Wildman–Crippen MR) is 75.7 cm³/mol. The SMILES string of the molecule is Cc1cccnc1C(=O)N1CC(=O)Nc2ccccc21. The number of fused-ring (bicyclic) bond motifs is 1. The third-order valence-corrected chi connectivity index (χ3v) is 3.23. The van der Waals surface area contributed by atoms with Gasteiger partial charge in [0.2, 0.25) is 5.91 Å². The maximum absolute atomic E-state index is 12.6. The number of hydrogen-bond donors (Lipinski definition) is 1. The van der Waals surface area contributed by atoms with Crippen LogP contribution in [-0.4, -0.2) is 23.3 Å². The average molecular weight is 267 g/mol. The number of amides is 2. The fourth-order valence-electron chi connectivity index (χ4n) is 2.25. The minimum atomic E-state index is -0.259. The fourth-order valence-corrected chi connectivity index (χ4v) is 2.25. The molecule has 3 rings (SSSR count). The highest BCUT2D eigenvalue weighted by atomic mass is 16.2. The summed E-state index contributed by atoms with van der Waals surface area (Å²) in [5.74, 6) is -0.462. The zero-order chi connectivity index (χ0) is 14.1. The lowest BCUT2D eigenvalue weighted by atomic mass is 10.1. The molecule has 100 valence electrons. The van der Waals surface area contributed by atoms with E-state index in [1.807, 2.05) is 31.2 Å². The van der Waals surface area contributed by atoms with Gasteiger partial charge in [0.15, 0.2) is 0 Å². The second kappa shape index (κ2) is 4.77.